The van der Waals surface area contributed by atoms with Crippen molar-refractivity contribution in [2.75, 3.05) is 0 Å². The van der Waals surface area contributed by atoms with Crippen molar-refractivity contribution >= 4 is 26.2 Å². The molecular formula is C33H54N8O8S2. The molecule has 5 aliphatic heterocycles. The van der Waals surface area contributed by atoms with Crippen LogP contribution < -0.4 is 42.5 Å². The smallest absolute Gasteiger partial charge is 0.332 e. The van der Waals surface area contributed by atoms with Gasteiger partial charge in [0.1, 0.15) is 10.5 Å². The van der Waals surface area contributed by atoms with Crippen LogP contribution in [-0.4, -0.2) is 96.8 Å². The number of fused-ring (bicyclic) bond motifs is 20. The van der Waals surface area contributed by atoms with E-state index in [1.807, 2.05) is 0 Å². The van der Waals surface area contributed by atoms with Gasteiger partial charge in [-0.25, -0.2) is 4.79 Å². The molecule has 0 aromatic rings. The van der Waals surface area contributed by atoms with Crippen LogP contribution in [0.5, 0.6) is 0 Å². The molecule has 0 spiro atoms. The average Bonchev–Trinajstić information content (AvgIpc) is 3.82. The zero-order valence-electron chi connectivity index (χ0n) is 28.7. The summed E-state index contributed by atoms with van der Waals surface area (Å²) >= 11 is 0. The fourth-order valence-electron chi connectivity index (χ4n) is 12.5. The Morgan fingerprint density at radius 1 is 0.510 bits per heavy atom. The summed E-state index contributed by atoms with van der Waals surface area (Å²) in [7, 11) is -10.5. The van der Waals surface area contributed by atoms with E-state index in [1.165, 1.54) is 31.8 Å². The summed E-state index contributed by atoms with van der Waals surface area (Å²) in [5.41, 5.74) is -0.754. The molecule has 0 amide bonds. The lowest BCUT2D eigenvalue weighted by Crippen LogP contribution is -2.62. The van der Waals surface area contributed by atoms with E-state index in [9.17, 15) is 35.8 Å². The van der Waals surface area contributed by atoms with Crippen LogP contribution in [0.2, 0.25) is 0 Å². The van der Waals surface area contributed by atoms with Crippen molar-refractivity contribution in [2.24, 2.45) is 47.3 Å². The fourth-order valence-corrected chi connectivity index (χ4v) is 15.6. The van der Waals surface area contributed by atoms with Crippen molar-refractivity contribution in [1.29, 1.82) is 0 Å². The minimum Gasteiger partial charge on any atom is -0.478 e. The zero-order valence-corrected chi connectivity index (χ0v) is 30.3. The van der Waals surface area contributed by atoms with Crippen LogP contribution in [0.25, 0.3) is 0 Å². The van der Waals surface area contributed by atoms with Gasteiger partial charge < -0.3 is 5.11 Å². The van der Waals surface area contributed by atoms with E-state index < -0.39 is 66.4 Å². The van der Waals surface area contributed by atoms with Gasteiger partial charge in [0.25, 0.3) is 20.2 Å². The summed E-state index contributed by atoms with van der Waals surface area (Å²) in [6, 6.07) is 0. The normalized spacial score (nSPS) is 51.1. The van der Waals surface area contributed by atoms with Crippen LogP contribution in [0.15, 0.2) is 11.6 Å². The number of hydrogen-bond acceptors (Lipinski definition) is 13. The Labute approximate surface area is 299 Å². The SMILES string of the molecule is O=C(O)C1=CC2C3NC4NC(NC5NC(NC6NC(NC(N3)C2C(S(=O)(=O)O)C1S(=O)(=O)O)C1CCCCC61)C1CCCCC51)C1CCCCC41. The largest absolute Gasteiger partial charge is 0.478 e. The molecule has 4 aliphatic carbocycles. The van der Waals surface area contributed by atoms with Gasteiger partial charge in [-0.1, -0.05) is 44.6 Å². The van der Waals surface area contributed by atoms with Crippen LogP contribution in [0.3, 0.4) is 0 Å². The summed E-state index contributed by atoms with van der Waals surface area (Å²) in [5.74, 6) is -1.52. The lowest BCUT2D eigenvalue weighted by molar-refractivity contribution is -0.133. The van der Waals surface area contributed by atoms with E-state index >= 15 is 0 Å². The Bertz CT molecular complexity index is 1640. The topological polar surface area (TPSA) is 242 Å². The van der Waals surface area contributed by atoms with Gasteiger partial charge in [-0.05, 0) is 74.0 Å². The molecule has 11 N–H and O–H groups in total. The molecule has 0 aromatic heterocycles. The van der Waals surface area contributed by atoms with E-state index in [0.29, 0.717) is 23.7 Å². The molecule has 9 rings (SSSR count). The molecule has 16 nitrogen and oxygen atoms in total. The molecule has 8 fully saturated rings. The van der Waals surface area contributed by atoms with Crippen molar-refractivity contribution in [3.05, 3.63) is 11.6 Å². The molecule has 51 heavy (non-hydrogen) atoms. The number of hydrogen-bond donors (Lipinski definition) is 11. The van der Waals surface area contributed by atoms with Gasteiger partial charge in [-0.3, -0.25) is 51.6 Å². The van der Waals surface area contributed by atoms with E-state index in [-0.39, 0.29) is 48.8 Å². The van der Waals surface area contributed by atoms with Crippen molar-refractivity contribution in [3.63, 3.8) is 0 Å². The van der Waals surface area contributed by atoms with E-state index in [2.05, 4.69) is 42.5 Å². The Balaban J connectivity index is 1.14. The standard InChI is InChI=1S/C33H54N8O8S2/c42-33(43)21-13-20-22(24(51(47,48)49)23(21)50(44,45)46)32-40-30-19-12-6-5-11-18(19)28(38-30)36-26-15-8-2-1-7-14(15)25(34-26)35-27-16-9-3-4-10-17(16)29(37-27)39-31(20)41-32/h13-20,22-32,34-41H,1-12H2,(H,42,43)(H,44,45,46)(H,47,48,49). The maximum absolute atomic E-state index is 13.2. The number of nitrogens with one attached hydrogen (secondary N) is 8. The number of rotatable bonds is 3. The molecule has 9 aliphatic rings. The van der Waals surface area contributed by atoms with Crippen LogP contribution in [0.1, 0.15) is 77.0 Å². The van der Waals surface area contributed by atoms with Crippen LogP contribution in [0, 0.1) is 47.3 Å². The first-order valence-electron chi connectivity index (χ1n) is 19.3. The van der Waals surface area contributed by atoms with Crippen LogP contribution in [0.4, 0.5) is 0 Å². The molecule has 0 radical (unpaired) electrons. The van der Waals surface area contributed by atoms with Gasteiger partial charge in [0.05, 0.1) is 54.9 Å². The molecule has 18 unspecified atom stereocenters. The average molecular weight is 755 g/mol. The molecule has 18 heteroatoms. The Morgan fingerprint density at radius 3 is 1.14 bits per heavy atom. The van der Waals surface area contributed by atoms with Crippen molar-refractivity contribution in [1.82, 2.24) is 42.5 Å². The maximum Gasteiger partial charge on any atom is 0.332 e. The summed E-state index contributed by atoms with van der Waals surface area (Å²) < 4.78 is 73.2. The second-order valence-corrected chi connectivity index (χ2v) is 20.1. The van der Waals surface area contributed by atoms with E-state index in [0.717, 1.165) is 51.4 Å². The highest BCUT2D eigenvalue weighted by atomic mass is 32.2. The van der Waals surface area contributed by atoms with Gasteiger partial charge in [0.2, 0.25) is 0 Å². The third kappa shape index (κ3) is 6.13. The minimum absolute atomic E-state index is 0.0184. The molecule has 0 aromatic carbocycles. The lowest BCUT2D eigenvalue weighted by atomic mass is 9.76. The maximum atomic E-state index is 13.2. The van der Waals surface area contributed by atoms with Gasteiger partial charge >= 0.3 is 5.97 Å². The highest BCUT2D eigenvalue weighted by molar-refractivity contribution is 7.90. The van der Waals surface area contributed by atoms with Gasteiger partial charge in [-0.2, -0.15) is 16.8 Å². The molecular weight excluding hydrogens is 701 g/mol. The molecule has 8 bridgehead atoms. The quantitative estimate of drug-likeness (QED) is 0.164. The first-order valence-corrected chi connectivity index (χ1v) is 22.3. The second-order valence-electron chi connectivity index (χ2n) is 17.0. The van der Waals surface area contributed by atoms with Crippen LogP contribution in [-0.2, 0) is 25.0 Å². The summed E-state index contributed by atoms with van der Waals surface area (Å²) in [4.78, 5) is 12.6. The number of aliphatic carboxylic acids is 1. The summed E-state index contributed by atoms with van der Waals surface area (Å²) in [6.07, 6.45) is 12.8. The zero-order chi connectivity index (χ0) is 35.4. The third-order valence-electron chi connectivity index (χ3n) is 14.5. The predicted molar refractivity (Wildman–Crippen MR) is 185 cm³/mol. The van der Waals surface area contributed by atoms with Crippen molar-refractivity contribution in [2.45, 2.75) is 137 Å². The predicted octanol–water partition coefficient (Wildman–Crippen LogP) is -0.431. The fraction of sp³-hybridized carbons (Fsp3) is 0.909. The number of carbonyl (C=O) groups is 1. The first kappa shape index (κ1) is 35.4. The number of carboxylic acid groups (broad SMARTS) is 1. The third-order valence-corrected chi connectivity index (χ3v) is 17.2. The molecule has 3 saturated carbocycles. The molecule has 5 heterocycles. The van der Waals surface area contributed by atoms with Gasteiger partial charge in [0, 0.05) is 11.8 Å². The van der Waals surface area contributed by atoms with E-state index in [1.54, 1.807) is 0 Å². The molecule has 5 saturated heterocycles. The Hall–Kier alpha value is -1.29. The molecule has 286 valence electrons. The van der Waals surface area contributed by atoms with Crippen molar-refractivity contribution in [3.8, 4) is 0 Å². The first-order chi connectivity index (χ1) is 24.4. The van der Waals surface area contributed by atoms with Gasteiger partial charge in [-0.15, -0.1) is 0 Å². The van der Waals surface area contributed by atoms with Gasteiger partial charge in [0.15, 0.2) is 0 Å². The summed E-state index contributed by atoms with van der Waals surface area (Å²) in [5, 5.41) is 36.3. The van der Waals surface area contributed by atoms with E-state index in [4.69, 9.17) is 0 Å². The Kier molecular flexibility index (Phi) is 9.15. The highest BCUT2D eigenvalue weighted by Crippen LogP contribution is 2.47. The lowest BCUT2D eigenvalue weighted by Gasteiger charge is -2.39. The second kappa shape index (κ2) is 13.2. The minimum atomic E-state index is -5.27. The monoisotopic (exact) mass is 754 g/mol. The number of carboxylic acids is 1. The highest BCUT2D eigenvalue weighted by Gasteiger charge is 2.62. The Morgan fingerprint density at radius 2 is 0.824 bits per heavy atom. The molecule has 18 atom stereocenters. The van der Waals surface area contributed by atoms with Crippen LogP contribution >= 0.6 is 0 Å². The van der Waals surface area contributed by atoms with Crippen molar-refractivity contribution < 1.29 is 35.8 Å². The summed E-state index contributed by atoms with van der Waals surface area (Å²) in [6.45, 7) is 0.